The molecule has 1 rings (SSSR count). The number of carboxylic acids is 1. The third-order valence-corrected chi connectivity index (χ3v) is 3.49. The third-order valence-electron chi connectivity index (χ3n) is 3.49. The van der Waals surface area contributed by atoms with Crippen molar-refractivity contribution < 1.29 is 14.7 Å². The number of aliphatic carboxylic acids is 1. The lowest BCUT2D eigenvalue weighted by Crippen LogP contribution is -2.44. The van der Waals surface area contributed by atoms with Crippen molar-refractivity contribution in [2.75, 3.05) is 0 Å². The fourth-order valence-corrected chi connectivity index (χ4v) is 2.13. The predicted molar refractivity (Wildman–Crippen MR) is 83.1 cm³/mol. The van der Waals surface area contributed by atoms with E-state index >= 15 is 0 Å². The van der Waals surface area contributed by atoms with Gasteiger partial charge in [-0.05, 0) is 37.7 Å². The first-order valence-corrected chi connectivity index (χ1v) is 7.48. The first-order valence-electron chi connectivity index (χ1n) is 7.48. The molecule has 0 spiro atoms. The van der Waals surface area contributed by atoms with Crippen molar-refractivity contribution in [2.45, 2.75) is 52.5 Å². The van der Waals surface area contributed by atoms with E-state index in [4.69, 9.17) is 5.11 Å². The number of aryl methyl sites for hydroxylation is 2. The number of carbonyl (C=O) groups excluding carboxylic acids is 1. The van der Waals surface area contributed by atoms with Gasteiger partial charge in [0.2, 0.25) is 5.91 Å². The summed E-state index contributed by atoms with van der Waals surface area (Å²) in [6, 6.07) is 7.59. The van der Waals surface area contributed by atoms with Crippen LogP contribution in [0.15, 0.2) is 24.3 Å². The Kier molecular flexibility index (Phi) is 6.92. The van der Waals surface area contributed by atoms with Gasteiger partial charge in [0.1, 0.15) is 6.04 Å². The van der Waals surface area contributed by atoms with Crippen LogP contribution in [0.2, 0.25) is 0 Å². The Labute approximate surface area is 126 Å². The minimum absolute atomic E-state index is 0.112. The van der Waals surface area contributed by atoms with Crippen LogP contribution < -0.4 is 5.32 Å². The van der Waals surface area contributed by atoms with E-state index in [0.29, 0.717) is 6.42 Å². The van der Waals surface area contributed by atoms with Crippen LogP contribution >= 0.6 is 0 Å². The molecule has 21 heavy (non-hydrogen) atoms. The summed E-state index contributed by atoms with van der Waals surface area (Å²) in [6.07, 6.45) is 3.02. The monoisotopic (exact) mass is 291 g/mol. The summed E-state index contributed by atoms with van der Waals surface area (Å²) in [5.41, 5.74) is 2.51. The highest BCUT2D eigenvalue weighted by molar-refractivity contribution is 5.83. The van der Waals surface area contributed by atoms with Crippen LogP contribution in [0.3, 0.4) is 0 Å². The van der Waals surface area contributed by atoms with E-state index in [0.717, 1.165) is 19.3 Å². The summed E-state index contributed by atoms with van der Waals surface area (Å²) in [5.74, 6) is -1.27. The lowest BCUT2D eigenvalue weighted by Gasteiger charge is -2.17. The van der Waals surface area contributed by atoms with Gasteiger partial charge in [0.25, 0.3) is 0 Å². The molecule has 4 heteroatoms. The molecule has 116 valence electrons. The largest absolute Gasteiger partial charge is 0.480 e. The average molecular weight is 291 g/mol. The van der Waals surface area contributed by atoms with Crippen LogP contribution in [0, 0.1) is 12.8 Å². The van der Waals surface area contributed by atoms with Crippen molar-refractivity contribution in [3.63, 3.8) is 0 Å². The van der Waals surface area contributed by atoms with E-state index in [2.05, 4.69) is 36.5 Å². The van der Waals surface area contributed by atoms with E-state index in [1.54, 1.807) is 13.8 Å². The molecule has 1 aromatic rings. The van der Waals surface area contributed by atoms with Crippen molar-refractivity contribution in [1.82, 2.24) is 5.32 Å². The summed E-state index contributed by atoms with van der Waals surface area (Å²) >= 11 is 0. The van der Waals surface area contributed by atoms with Gasteiger partial charge >= 0.3 is 5.97 Å². The van der Waals surface area contributed by atoms with E-state index in [1.807, 2.05) is 0 Å². The second kappa shape index (κ2) is 8.45. The Bertz CT molecular complexity index is 465. The van der Waals surface area contributed by atoms with Crippen molar-refractivity contribution in [2.24, 2.45) is 5.92 Å². The Balaban J connectivity index is 2.27. The lowest BCUT2D eigenvalue weighted by molar-refractivity contribution is -0.143. The molecular formula is C17H25NO3. The molecule has 0 aromatic heterocycles. The second-order valence-electron chi connectivity index (χ2n) is 5.82. The number of hydrogen-bond donors (Lipinski definition) is 2. The Morgan fingerprint density at radius 1 is 1.14 bits per heavy atom. The smallest absolute Gasteiger partial charge is 0.326 e. The number of carbonyl (C=O) groups is 2. The van der Waals surface area contributed by atoms with Gasteiger partial charge < -0.3 is 10.4 Å². The average Bonchev–Trinajstić information content (AvgIpc) is 2.42. The molecule has 4 nitrogen and oxygen atoms in total. The Morgan fingerprint density at radius 2 is 1.76 bits per heavy atom. The minimum atomic E-state index is -0.974. The highest BCUT2D eigenvalue weighted by atomic mass is 16.4. The zero-order valence-corrected chi connectivity index (χ0v) is 13.1. The van der Waals surface area contributed by atoms with Gasteiger partial charge in [0.15, 0.2) is 0 Å². The molecule has 0 unspecified atom stereocenters. The molecule has 1 amide bonds. The maximum atomic E-state index is 11.7. The standard InChI is InChI=1S/C17H25NO3/c1-12(2)16(17(20)21)18-15(19)7-5-4-6-14-10-8-13(3)9-11-14/h8-12,16H,4-7H2,1-3H3,(H,18,19)(H,20,21)/t16-/m1/s1. The maximum Gasteiger partial charge on any atom is 0.326 e. The Hall–Kier alpha value is -1.84. The molecular weight excluding hydrogens is 266 g/mol. The molecule has 0 aliphatic heterocycles. The summed E-state index contributed by atoms with van der Waals surface area (Å²) in [6.45, 7) is 5.63. The quantitative estimate of drug-likeness (QED) is 0.724. The molecule has 0 heterocycles. The van der Waals surface area contributed by atoms with Gasteiger partial charge in [0, 0.05) is 6.42 Å². The SMILES string of the molecule is Cc1ccc(CCCCC(=O)N[C@@H](C(=O)O)C(C)C)cc1. The summed E-state index contributed by atoms with van der Waals surface area (Å²) in [7, 11) is 0. The molecule has 2 N–H and O–H groups in total. The lowest BCUT2D eigenvalue weighted by atomic mass is 10.0. The molecule has 0 bridgehead atoms. The number of benzene rings is 1. The van der Waals surface area contributed by atoms with Crippen LogP contribution in [0.5, 0.6) is 0 Å². The van der Waals surface area contributed by atoms with E-state index < -0.39 is 12.0 Å². The summed E-state index contributed by atoms with van der Waals surface area (Å²) < 4.78 is 0. The molecule has 0 aliphatic rings. The molecule has 0 fully saturated rings. The molecule has 0 saturated carbocycles. The number of amides is 1. The predicted octanol–water partition coefficient (Wildman–Crippen LogP) is 2.93. The zero-order chi connectivity index (χ0) is 15.8. The normalized spacial score (nSPS) is 12.2. The highest BCUT2D eigenvalue weighted by Gasteiger charge is 2.22. The van der Waals surface area contributed by atoms with Gasteiger partial charge in [-0.3, -0.25) is 4.79 Å². The van der Waals surface area contributed by atoms with Gasteiger partial charge in [-0.15, -0.1) is 0 Å². The van der Waals surface area contributed by atoms with E-state index in [9.17, 15) is 9.59 Å². The van der Waals surface area contributed by atoms with Crippen LogP contribution in [-0.2, 0) is 16.0 Å². The fourth-order valence-electron chi connectivity index (χ4n) is 2.13. The van der Waals surface area contributed by atoms with Crippen molar-refractivity contribution >= 4 is 11.9 Å². The van der Waals surface area contributed by atoms with Gasteiger partial charge in [-0.25, -0.2) is 4.79 Å². The van der Waals surface area contributed by atoms with Gasteiger partial charge in [-0.1, -0.05) is 43.7 Å². The molecule has 0 saturated heterocycles. The third kappa shape index (κ3) is 6.43. The number of carboxylic acid groups (broad SMARTS) is 1. The maximum absolute atomic E-state index is 11.7. The van der Waals surface area contributed by atoms with E-state index in [1.165, 1.54) is 11.1 Å². The topological polar surface area (TPSA) is 66.4 Å². The highest BCUT2D eigenvalue weighted by Crippen LogP contribution is 2.09. The van der Waals surface area contributed by atoms with E-state index in [-0.39, 0.29) is 11.8 Å². The van der Waals surface area contributed by atoms with Crippen molar-refractivity contribution in [3.8, 4) is 0 Å². The summed E-state index contributed by atoms with van der Waals surface area (Å²) in [5, 5.41) is 11.6. The van der Waals surface area contributed by atoms with Crippen molar-refractivity contribution in [1.29, 1.82) is 0 Å². The number of nitrogens with one attached hydrogen (secondary N) is 1. The first-order chi connectivity index (χ1) is 9.90. The first kappa shape index (κ1) is 17.2. The number of rotatable bonds is 8. The van der Waals surface area contributed by atoms with Crippen LogP contribution in [-0.4, -0.2) is 23.0 Å². The molecule has 1 aromatic carbocycles. The zero-order valence-electron chi connectivity index (χ0n) is 13.1. The molecule has 0 aliphatic carbocycles. The Morgan fingerprint density at radius 3 is 2.29 bits per heavy atom. The van der Waals surface area contributed by atoms with Crippen LogP contribution in [0.25, 0.3) is 0 Å². The molecule has 1 atom stereocenters. The van der Waals surface area contributed by atoms with Crippen LogP contribution in [0.1, 0.15) is 44.2 Å². The number of unbranched alkanes of at least 4 members (excludes halogenated alkanes) is 1. The summed E-state index contributed by atoms with van der Waals surface area (Å²) in [4.78, 5) is 22.7. The van der Waals surface area contributed by atoms with Gasteiger partial charge in [0.05, 0.1) is 0 Å². The van der Waals surface area contributed by atoms with Crippen molar-refractivity contribution in [3.05, 3.63) is 35.4 Å². The van der Waals surface area contributed by atoms with Crippen LogP contribution in [0.4, 0.5) is 0 Å². The number of hydrogen-bond acceptors (Lipinski definition) is 2. The van der Waals surface area contributed by atoms with Gasteiger partial charge in [-0.2, -0.15) is 0 Å². The molecule has 0 radical (unpaired) electrons. The second-order valence-corrected chi connectivity index (χ2v) is 5.82. The fraction of sp³-hybridized carbons (Fsp3) is 0.529. The minimum Gasteiger partial charge on any atom is -0.480 e.